The molecule has 9 nitrogen and oxygen atoms in total. The van der Waals surface area contributed by atoms with Crippen molar-refractivity contribution in [2.24, 2.45) is 0 Å². The number of amides is 1. The van der Waals surface area contributed by atoms with Gasteiger partial charge in [-0.25, -0.2) is 17.9 Å². The highest BCUT2D eigenvalue weighted by Crippen LogP contribution is 2.20. The van der Waals surface area contributed by atoms with Gasteiger partial charge in [0, 0.05) is 12.7 Å². The zero-order chi connectivity index (χ0) is 18.0. The number of aromatic carboxylic acids is 1. The second kappa shape index (κ2) is 6.65. The molecule has 2 N–H and O–H groups in total. The van der Waals surface area contributed by atoms with Gasteiger partial charge in [0.1, 0.15) is 0 Å². The van der Waals surface area contributed by atoms with Crippen LogP contribution in [0.3, 0.4) is 0 Å². The molecule has 3 rings (SSSR count). The summed E-state index contributed by atoms with van der Waals surface area (Å²) in [6, 6.07) is 8.07. The summed E-state index contributed by atoms with van der Waals surface area (Å²) in [6.07, 6.45) is 1.98. The first-order chi connectivity index (χ1) is 11.9. The third-order valence-electron chi connectivity index (χ3n) is 3.76. The third-order valence-corrected chi connectivity index (χ3v) is 5.66. The van der Waals surface area contributed by atoms with E-state index >= 15 is 0 Å². The first-order valence-corrected chi connectivity index (χ1v) is 9.14. The van der Waals surface area contributed by atoms with Crippen LogP contribution in [-0.4, -0.2) is 58.3 Å². The zero-order valence-corrected chi connectivity index (χ0v) is 13.9. The van der Waals surface area contributed by atoms with Crippen LogP contribution in [-0.2, 0) is 14.8 Å². The van der Waals surface area contributed by atoms with Crippen LogP contribution in [0, 0.1) is 0 Å². The number of carboxylic acids is 1. The highest BCUT2D eigenvalue weighted by Gasteiger charge is 2.29. The van der Waals surface area contributed by atoms with Gasteiger partial charge in [0.05, 0.1) is 23.7 Å². The van der Waals surface area contributed by atoms with Crippen LogP contribution in [0.25, 0.3) is 5.69 Å². The van der Waals surface area contributed by atoms with Crippen molar-refractivity contribution < 1.29 is 23.1 Å². The number of rotatable bonds is 5. The quantitative estimate of drug-likeness (QED) is 0.799. The second-order valence-corrected chi connectivity index (χ2v) is 7.61. The molecule has 25 heavy (non-hydrogen) atoms. The fraction of sp³-hybridized carbons (Fsp3) is 0.267. The number of carbonyl (C=O) groups is 2. The Labute approximate surface area is 143 Å². The number of carbonyl (C=O) groups excluding carboxylic acids is 1. The van der Waals surface area contributed by atoms with Gasteiger partial charge < -0.3 is 10.4 Å². The number of anilines is 1. The molecule has 0 saturated carbocycles. The van der Waals surface area contributed by atoms with E-state index in [1.54, 1.807) is 24.3 Å². The van der Waals surface area contributed by atoms with E-state index in [2.05, 4.69) is 10.4 Å². The Kier molecular flexibility index (Phi) is 4.55. The minimum absolute atomic E-state index is 0.0577. The number of aromatic nitrogens is 2. The Hall–Kier alpha value is -2.72. The summed E-state index contributed by atoms with van der Waals surface area (Å²) >= 11 is 0. The molecule has 132 valence electrons. The van der Waals surface area contributed by atoms with E-state index in [1.807, 2.05) is 0 Å². The standard InChI is InChI=1S/C15H16N4O5S/c20-14(10-18-7-3-9-25(18,23)24)16-11-4-1-2-5-13(11)19-8-6-12(17-19)15(21)22/h1-2,4-6,8H,3,7,9-10H2,(H,16,20)(H,21,22). The molecule has 1 aromatic heterocycles. The Morgan fingerprint density at radius 3 is 2.64 bits per heavy atom. The number of nitrogens with one attached hydrogen (secondary N) is 1. The maximum atomic E-state index is 12.2. The van der Waals surface area contributed by atoms with E-state index in [1.165, 1.54) is 16.9 Å². The molecule has 1 saturated heterocycles. The summed E-state index contributed by atoms with van der Waals surface area (Å²) in [5.41, 5.74) is 0.765. The van der Waals surface area contributed by atoms with Crippen molar-refractivity contribution in [1.82, 2.24) is 14.1 Å². The van der Waals surface area contributed by atoms with Crippen LogP contribution in [0.5, 0.6) is 0 Å². The summed E-state index contributed by atoms with van der Waals surface area (Å²) < 4.78 is 26.1. The van der Waals surface area contributed by atoms with E-state index < -0.39 is 21.9 Å². The third kappa shape index (κ3) is 3.69. The predicted molar refractivity (Wildman–Crippen MR) is 89.1 cm³/mol. The molecule has 0 radical (unpaired) electrons. The minimum atomic E-state index is -3.35. The molecule has 0 spiro atoms. The molecule has 0 bridgehead atoms. The largest absolute Gasteiger partial charge is 0.476 e. The molecule has 1 aliphatic heterocycles. The summed E-state index contributed by atoms with van der Waals surface area (Å²) in [6.45, 7) is 0.0781. The van der Waals surface area contributed by atoms with Crippen molar-refractivity contribution in [3.8, 4) is 5.69 Å². The lowest BCUT2D eigenvalue weighted by Crippen LogP contribution is -2.34. The smallest absolute Gasteiger partial charge is 0.356 e. The van der Waals surface area contributed by atoms with Gasteiger partial charge in [0.15, 0.2) is 5.69 Å². The monoisotopic (exact) mass is 364 g/mol. The predicted octanol–water partition coefficient (Wildman–Crippen LogP) is 0.544. The Morgan fingerprint density at radius 2 is 2.00 bits per heavy atom. The van der Waals surface area contributed by atoms with Gasteiger partial charge in [-0.2, -0.15) is 9.40 Å². The number of sulfonamides is 1. The van der Waals surface area contributed by atoms with E-state index in [0.717, 1.165) is 4.31 Å². The fourth-order valence-corrected chi connectivity index (χ4v) is 4.04. The van der Waals surface area contributed by atoms with Gasteiger partial charge >= 0.3 is 5.97 Å². The van der Waals surface area contributed by atoms with E-state index in [4.69, 9.17) is 5.11 Å². The lowest BCUT2D eigenvalue weighted by Gasteiger charge is -2.15. The maximum absolute atomic E-state index is 12.2. The van der Waals surface area contributed by atoms with Crippen LogP contribution >= 0.6 is 0 Å². The van der Waals surface area contributed by atoms with Crippen molar-refractivity contribution in [3.05, 3.63) is 42.2 Å². The van der Waals surface area contributed by atoms with Gasteiger partial charge in [0.25, 0.3) is 0 Å². The number of carboxylic acid groups (broad SMARTS) is 1. The Bertz CT molecular complexity index is 922. The molecule has 0 aliphatic carbocycles. The molecule has 1 fully saturated rings. The molecular formula is C15H16N4O5S. The molecule has 10 heteroatoms. The van der Waals surface area contributed by atoms with Gasteiger partial charge in [-0.05, 0) is 24.6 Å². The van der Waals surface area contributed by atoms with Crippen molar-refractivity contribution >= 4 is 27.6 Å². The van der Waals surface area contributed by atoms with Crippen molar-refractivity contribution in [2.45, 2.75) is 6.42 Å². The van der Waals surface area contributed by atoms with Crippen molar-refractivity contribution in [2.75, 3.05) is 24.2 Å². The lowest BCUT2D eigenvalue weighted by molar-refractivity contribution is -0.116. The zero-order valence-electron chi connectivity index (χ0n) is 13.1. The van der Waals surface area contributed by atoms with Crippen LogP contribution in [0.4, 0.5) is 5.69 Å². The molecule has 1 aliphatic rings. The number of hydrogen-bond acceptors (Lipinski definition) is 5. The fourth-order valence-electron chi connectivity index (χ4n) is 2.57. The van der Waals surface area contributed by atoms with Crippen LogP contribution in [0.1, 0.15) is 16.9 Å². The number of benzene rings is 1. The highest BCUT2D eigenvalue weighted by molar-refractivity contribution is 7.89. The SMILES string of the molecule is O=C(CN1CCCS1(=O)=O)Nc1ccccc1-n1ccc(C(=O)O)n1. The Morgan fingerprint density at radius 1 is 1.24 bits per heavy atom. The average Bonchev–Trinajstić information content (AvgIpc) is 3.15. The summed E-state index contributed by atoms with van der Waals surface area (Å²) in [7, 11) is -3.35. The molecule has 2 aromatic rings. The van der Waals surface area contributed by atoms with E-state index in [9.17, 15) is 18.0 Å². The van der Waals surface area contributed by atoms with Gasteiger partial charge in [-0.15, -0.1) is 0 Å². The minimum Gasteiger partial charge on any atom is -0.476 e. The average molecular weight is 364 g/mol. The number of hydrogen-bond donors (Lipinski definition) is 2. The molecule has 0 unspecified atom stereocenters. The first kappa shape index (κ1) is 17.1. The van der Waals surface area contributed by atoms with E-state index in [0.29, 0.717) is 24.3 Å². The number of nitrogens with zero attached hydrogens (tertiary/aromatic N) is 3. The molecule has 1 amide bonds. The van der Waals surface area contributed by atoms with Crippen LogP contribution < -0.4 is 5.32 Å². The first-order valence-electron chi connectivity index (χ1n) is 7.53. The van der Waals surface area contributed by atoms with Crippen LogP contribution in [0.2, 0.25) is 0 Å². The van der Waals surface area contributed by atoms with Gasteiger partial charge in [-0.1, -0.05) is 12.1 Å². The summed E-state index contributed by atoms with van der Waals surface area (Å²) in [5, 5.41) is 15.6. The topological polar surface area (TPSA) is 122 Å². The molecule has 2 heterocycles. The van der Waals surface area contributed by atoms with Crippen molar-refractivity contribution in [3.63, 3.8) is 0 Å². The van der Waals surface area contributed by atoms with Gasteiger partial charge in [-0.3, -0.25) is 4.79 Å². The summed E-state index contributed by atoms with van der Waals surface area (Å²) in [4.78, 5) is 23.2. The highest BCUT2D eigenvalue weighted by atomic mass is 32.2. The van der Waals surface area contributed by atoms with Gasteiger partial charge in [0.2, 0.25) is 15.9 Å². The van der Waals surface area contributed by atoms with E-state index in [-0.39, 0.29) is 18.0 Å². The lowest BCUT2D eigenvalue weighted by atomic mass is 10.2. The Balaban J connectivity index is 1.79. The molecule has 0 atom stereocenters. The maximum Gasteiger partial charge on any atom is 0.356 e. The normalized spacial score (nSPS) is 16.6. The summed E-state index contributed by atoms with van der Waals surface area (Å²) in [5.74, 6) is -1.56. The number of para-hydroxylation sites is 2. The molecular weight excluding hydrogens is 348 g/mol. The second-order valence-electron chi connectivity index (χ2n) is 5.52. The van der Waals surface area contributed by atoms with Crippen molar-refractivity contribution in [1.29, 1.82) is 0 Å². The molecule has 1 aromatic carbocycles. The van der Waals surface area contributed by atoms with Crippen LogP contribution in [0.15, 0.2) is 36.5 Å².